The van der Waals surface area contributed by atoms with Crippen molar-refractivity contribution in [3.05, 3.63) is 46.3 Å². The fourth-order valence-corrected chi connectivity index (χ4v) is 2.06. The number of hydrogen-bond acceptors (Lipinski definition) is 4. The van der Waals surface area contributed by atoms with Gasteiger partial charge in [-0.2, -0.15) is 0 Å². The van der Waals surface area contributed by atoms with Crippen LogP contribution in [0.1, 0.15) is 28.1 Å². The van der Waals surface area contributed by atoms with E-state index in [4.69, 9.17) is 13.6 Å². The van der Waals surface area contributed by atoms with E-state index >= 15 is 0 Å². The number of aryl methyl sites for hydroxylation is 2. The highest BCUT2D eigenvalue weighted by Crippen LogP contribution is 2.14. The molecule has 90 valence electrons. The molecule has 0 saturated heterocycles. The zero-order chi connectivity index (χ0) is 13.1. The highest BCUT2D eigenvalue weighted by Gasteiger charge is 2.07. The van der Waals surface area contributed by atoms with E-state index in [9.17, 15) is 0 Å². The lowest BCUT2D eigenvalue weighted by atomic mass is 9.97. The molecule has 18 heavy (non-hydrogen) atoms. The zero-order valence-corrected chi connectivity index (χ0v) is 10.6. The van der Waals surface area contributed by atoms with Crippen molar-refractivity contribution >= 4 is 13.8 Å². The Labute approximate surface area is 108 Å². The molecule has 5 heteroatoms. The average Bonchev–Trinajstić information content (AvgIpc) is 2.30. The van der Waals surface area contributed by atoms with Gasteiger partial charge in [0.1, 0.15) is 0 Å². The third kappa shape index (κ3) is 2.86. The van der Waals surface area contributed by atoms with Crippen LogP contribution in [0.2, 0.25) is 0 Å². The quantitative estimate of drug-likeness (QED) is 0.819. The Morgan fingerprint density at radius 2 is 1.72 bits per heavy atom. The van der Waals surface area contributed by atoms with Gasteiger partial charge in [0.05, 0.1) is 19.2 Å². The van der Waals surface area contributed by atoms with Crippen molar-refractivity contribution in [2.24, 2.45) is 0 Å². The number of benzene rings is 1. The Bertz CT molecular complexity index is 549. The number of nitrogens with zero attached hydrogens (tertiary/aromatic N) is 3. The monoisotopic (exact) mass is 238 g/mol. The molecule has 0 aliphatic rings. The van der Waals surface area contributed by atoms with Gasteiger partial charge in [0, 0.05) is 6.42 Å². The van der Waals surface area contributed by atoms with Crippen LogP contribution in [0.3, 0.4) is 0 Å². The molecular weight excluding hydrogens is 223 g/mol. The van der Waals surface area contributed by atoms with Crippen molar-refractivity contribution in [3.8, 4) is 0 Å². The van der Waals surface area contributed by atoms with Gasteiger partial charge in [-0.25, -0.2) is 4.98 Å². The Hall–Kier alpha value is -1.91. The van der Waals surface area contributed by atoms with Crippen LogP contribution in [-0.2, 0) is 12.7 Å². The lowest BCUT2D eigenvalue weighted by molar-refractivity contribution is 0.868. The SMILES string of the molecule is [B]Cc1nc(N)nnc1Cc1cc(C)cc(C)c1. The molecule has 1 aromatic carbocycles. The summed E-state index contributed by atoms with van der Waals surface area (Å²) in [5.74, 6) is 0.166. The number of nitrogen functional groups attached to an aromatic ring is 1. The van der Waals surface area contributed by atoms with E-state index < -0.39 is 0 Å². The molecule has 0 spiro atoms. The minimum absolute atomic E-state index is 0.166. The second-order valence-corrected chi connectivity index (χ2v) is 4.44. The van der Waals surface area contributed by atoms with Gasteiger partial charge in [-0.1, -0.05) is 29.3 Å². The van der Waals surface area contributed by atoms with Crippen molar-refractivity contribution in [1.82, 2.24) is 15.2 Å². The first-order valence-corrected chi connectivity index (χ1v) is 5.83. The molecule has 0 amide bonds. The van der Waals surface area contributed by atoms with Crippen molar-refractivity contribution in [3.63, 3.8) is 0 Å². The number of aromatic nitrogens is 3. The largest absolute Gasteiger partial charge is 0.366 e. The van der Waals surface area contributed by atoms with Crippen molar-refractivity contribution in [2.75, 3.05) is 5.73 Å². The van der Waals surface area contributed by atoms with E-state index in [1.165, 1.54) is 16.7 Å². The van der Waals surface area contributed by atoms with Crippen LogP contribution in [0.15, 0.2) is 18.2 Å². The molecule has 0 saturated carbocycles. The summed E-state index contributed by atoms with van der Waals surface area (Å²) < 4.78 is 0. The van der Waals surface area contributed by atoms with Crippen LogP contribution in [0, 0.1) is 13.8 Å². The van der Waals surface area contributed by atoms with Gasteiger partial charge in [-0.3, -0.25) is 0 Å². The van der Waals surface area contributed by atoms with E-state index in [1.807, 2.05) is 0 Å². The number of anilines is 1. The van der Waals surface area contributed by atoms with E-state index in [0.717, 1.165) is 5.69 Å². The Balaban J connectivity index is 2.33. The average molecular weight is 238 g/mol. The summed E-state index contributed by atoms with van der Waals surface area (Å²) >= 11 is 0. The molecule has 0 fully saturated rings. The lowest BCUT2D eigenvalue weighted by Crippen LogP contribution is -2.08. The first kappa shape index (κ1) is 12.5. The summed E-state index contributed by atoms with van der Waals surface area (Å²) in [6.07, 6.45) is 0.995. The minimum Gasteiger partial charge on any atom is -0.366 e. The molecule has 2 N–H and O–H groups in total. The summed E-state index contributed by atoms with van der Waals surface area (Å²) in [6.45, 7) is 4.15. The van der Waals surface area contributed by atoms with Gasteiger partial charge in [0.25, 0.3) is 0 Å². The zero-order valence-electron chi connectivity index (χ0n) is 10.6. The van der Waals surface area contributed by atoms with Crippen LogP contribution in [-0.4, -0.2) is 23.0 Å². The van der Waals surface area contributed by atoms with E-state index in [2.05, 4.69) is 47.2 Å². The van der Waals surface area contributed by atoms with E-state index in [-0.39, 0.29) is 5.95 Å². The molecule has 0 bridgehead atoms. The summed E-state index contributed by atoms with van der Waals surface area (Å²) in [5.41, 5.74) is 10.7. The fourth-order valence-electron chi connectivity index (χ4n) is 2.06. The van der Waals surface area contributed by atoms with Crippen LogP contribution in [0.25, 0.3) is 0 Å². The summed E-state index contributed by atoms with van der Waals surface area (Å²) in [7, 11) is 5.65. The highest BCUT2D eigenvalue weighted by atomic mass is 15.2. The summed E-state index contributed by atoms with van der Waals surface area (Å²) in [4.78, 5) is 4.11. The summed E-state index contributed by atoms with van der Waals surface area (Å²) in [6, 6.07) is 6.40. The molecule has 1 heterocycles. The standard InChI is InChI=1S/C13H15BN4/c1-8-3-9(2)5-10(4-8)6-11-12(7-14)16-13(15)18-17-11/h3-5H,6-7H2,1-2H3,(H2,15,16,18). The molecular formula is C13H15BN4. The first-order valence-electron chi connectivity index (χ1n) is 5.83. The number of nitrogens with two attached hydrogens (primary N) is 1. The van der Waals surface area contributed by atoms with Gasteiger partial charge in [-0.05, 0) is 25.7 Å². The van der Waals surface area contributed by atoms with E-state index in [1.54, 1.807) is 0 Å². The predicted octanol–water partition coefficient (Wildman–Crippen LogP) is 1.33. The maximum atomic E-state index is 5.65. The molecule has 0 unspecified atom stereocenters. The van der Waals surface area contributed by atoms with Crippen molar-refractivity contribution in [2.45, 2.75) is 26.6 Å². The van der Waals surface area contributed by atoms with Gasteiger partial charge >= 0.3 is 0 Å². The van der Waals surface area contributed by atoms with Crippen molar-refractivity contribution < 1.29 is 0 Å². The Kier molecular flexibility index (Phi) is 3.60. The second kappa shape index (κ2) is 5.17. The van der Waals surface area contributed by atoms with Crippen LogP contribution < -0.4 is 5.73 Å². The van der Waals surface area contributed by atoms with Gasteiger partial charge in [0.15, 0.2) is 0 Å². The molecule has 2 aromatic rings. The maximum Gasteiger partial charge on any atom is 0.240 e. The number of rotatable bonds is 3. The minimum atomic E-state index is 0.166. The molecule has 4 nitrogen and oxygen atoms in total. The molecule has 0 atom stereocenters. The van der Waals surface area contributed by atoms with Gasteiger partial charge in [-0.15, -0.1) is 10.2 Å². The van der Waals surface area contributed by atoms with Crippen molar-refractivity contribution in [1.29, 1.82) is 0 Å². The smallest absolute Gasteiger partial charge is 0.240 e. The second-order valence-electron chi connectivity index (χ2n) is 4.44. The van der Waals surface area contributed by atoms with Crippen LogP contribution in [0.5, 0.6) is 0 Å². The highest BCUT2D eigenvalue weighted by molar-refractivity contribution is 6.08. The predicted molar refractivity (Wildman–Crippen MR) is 72.4 cm³/mol. The lowest BCUT2D eigenvalue weighted by Gasteiger charge is -2.07. The topological polar surface area (TPSA) is 64.7 Å². The third-order valence-electron chi connectivity index (χ3n) is 2.70. The molecule has 1 aromatic heterocycles. The first-order chi connectivity index (χ1) is 8.58. The number of hydrogen-bond donors (Lipinski definition) is 1. The van der Waals surface area contributed by atoms with E-state index in [0.29, 0.717) is 18.4 Å². The van der Waals surface area contributed by atoms with Gasteiger partial charge < -0.3 is 5.73 Å². The normalized spacial score (nSPS) is 10.6. The van der Waals surface area contributed by atoms with Crippen LogP contribution >= 0.6 is 0 Å². The third-order valence-corrected chi connectivity index (χ3v) is 2.70. The Morgan fingerprint density at radius 3 is 2.33 bits per heavy atom. The van der Waals surface area contributed by atoms with Crippen LogP contribution in [0.4, 0.5) is 5.95 Å². The maximum absolute atomic E-state index is 5.65. The molecule has 2 rings (SSSR count). The molecule has 0 aliphatic carbocycles. The molecule has 2 radical (unpaired) electrons. The fraction of sp³-hybridized carbons (Fsp3) is 0.308. The Morgan fingerprint density at radius 1 is 1.06 bits per heavy atom. The molecule has 0 aliphatic heterocycles. The van der Waals surface area contributed by atoms with Gasteiger partial charge in [0.2, 0.25) is 5.95 Å². The summed E-state index contributed by atoms with van der Waals surface area (Å²) in [5, 5.41) is 7.88.